The van der Waals surface area contributed by atoms with E-state index in [0.717, 1.165) is 11.3 Å². The van der Waals surface area contributed by atoms with Crippen molar-refractivity contribution >= 4 is 33.4 Å². The molecule has 0 unspecified atom stereocenters. The van der Waals surface area contributed by atoms with Gasteiger partial charge in [0, 0.05) is 5.41 Å². The summed E-state index contributed by atoms with van der Waals surface area (Å²) < 4.78 is 20.2. The van der Waals surface area contributed by atoms with Gasteiger partial charge < -0.3 is 9.30 Å². The monoisotopic (exact) mass is 324 g/mol. The summed E-state index contributed by atoms with van der Waals surface area (Å²) in [7, 11) is 1.29. The summed E-state index contributed by atoms with van der Waals surface area (Å²) in [6.07, 6.45) is 0. The lowest BCUT2D eigenvalue weighted by molar-refractivity contribution is -0.141. The third-order valence-electron chi connectivity index (χ3n) is 3.00. The molecule has 2 rings (SSSR count). The molecule has 0 atom stereocenters. The van der Waals surface area contributed by atoms with Crippen molar-refractivity contribution in [3.63, 3.8) is 0 Å². The van der Waals surface area contributed by atoms with Gasteiger partial charge in [-0.25, -0.2) is 4.39 Å². The van der Waals surface area contributed by atoms with Crippen LogP contribution in [0.15, 0.2) is 23.2 Å². The van der Waals surface area contributed by atoms with Crippen molar-refractivity contribution < 1.29 is 18.7 Å². The van der Waals surface area contributed by atoms with Gasteiger partial charge in [-0.3, -0.25) is 9.59 Å². The van der Waals surface area contributed by atoms with Gasteiger partial charge in [-0.05, 0) is 18.2 Å². The maximum absolute atomic E-state index is 13.4. The number of hydrogen-bond donors (Lipinski definition) is 0. The molecule has 0 radical (unpaired) electrons. The highest BCUT2D eigenvalue weighted by Gasteiger charge is 2.21. The highest BCUT2D eigenvalue weighted by Crippen LogP contribution is 2.20. The normalized spacial score (nSPS) is 12.7. The summed E-state index contributed by atoms with van der Waals surface area (Å²) in [5.41, 5.74) is 0.00195. The molecule has 0 fully saturated rings. The average molecular weight is 324 g/mol. The van der Waals surface area contributed by atoms with Crippen molar-refractivity contribution in [3.05, 3.63) is 28.8 Å². The molecule has 7 heteroatoms. The number of nitrogens with zero attached hydrogens (tertiary/aromatic N) is 2. The van der Waals surface area contributed by atoms with E-state index in [1.54, 1.807) is 31.4 Å². The van der Waals surface area contributed by atoms with Crippen LogP contribution in [-0.2, 0) is 20.9 Å². The Labute approximate surface area is 131 Å². The molecule has 1 aromatic heterocycles. The first-order valence-electron chi connectivity index (χ1n) is 6.67. The fourth-order valence-corrected chi connectivity index (χ4v) is 2.79. The van der Waals surface area contributed by atoms with E-state index in [1.807, 2.05) is 0 Å². The van der Waals surface area contributed by atoms with E-state index in [-0.39, 0.29) is 18.3 Å². The Morgan fingerprint density at radius 3 is 2.64 bits per heavy atom. The third kappa shape index (κ3) is 3.41. The Bertz CT molecular complexity index is 799. The van der Waals surface area contributed by atoms with Gasteiger partial charge in [-0.15, -0.1) is 0 Å². The van der Waals surface area contributed by atoms with Gasteiger partial charge in [0.25, 0.3) is 5.91 Å². The topological polar surface area (TPSA) is 60.7 Å². The number of benzene rings is 1. The number of carbonyl (C=O) groups is 2. The molecule has 0 aliphatic rings. The lowest BCUT2D eigenvalue weighted by Gasteiger charge is -2.11. The second-order valence-electron chi connectivity index (χ2n) is 5.83. The molecule has 2 aromatic rings. The van der Waals surface area contributed by atoms with Gasteiger partial charge in [0.05, 0.1) is 17.3 Å². The number of thiazole rings is 1. The van der Waals surface area contributed by atoms with Crippen LogP contribution in [0.1, 0.15) is 20.8 Å². The molecule has 0 bridgehead atoms. The van der Waals surface area contributed by atoms with Gasteiger partial charge in [0.1, 0.15) is 12.4 Å². The van der Waals surface area contributed by atoms with Crippen LogP contribution in [0.3, 0.4) is 0 Å². The largest absolute Gasteiger partial charge is 0.468 e. The van der Waals surface area contributed by atoms with Gasteiger partial charge in [-0.1, -0.05) is 32.1 Å². The number of halogens is 1. The van der Waals surface area contributed by atoms with Crippen LogP contribution in [-0.4, -0.2) is 23.6 Å². The van der Waals surface area contributed by atoms with Crippen molar-refractivity contribution in [1.82, 2.24) is 4.57 Å². The molecule has 5 nitrogen and oxygen atoms in total. The van der Waals surface area contributed by atoms with E-state index in [0.29, 0.717) is 15.0 Å². The van der Waals surface area contributed by atoms with Crippen LogP contribution in [0, 0.1) is 11.2 Å². The lowest BCUT2D eigenvalue weighted by atomic mass is 9.96. The Balaban J connectivity index is 2.66. The summed E-state index contributed by atoms with van der Waals surface area (Å²) in [5.74, 6) is -1.15. The number of hydrogen-bond acceptors (Lipinski definition) is 4. The molecule has 0 N–H and O–H groups in total. The van der Waals surface area contributed by atoms with Crippen LogP contribution in [0.5, 0.6) is 0 Å². The van der Waals surface area contributed by atoms with E-state index in [4.69, 9.17) is 0 Å². The van der Waals surface area contributed by atoms with Crippen LogP contribution >= 0.6 is 11.3 Å². The second kappa shape index (κ2) is 6.00. The molecule has 0 aliphatic heterocycles. The van der Waals surface area contributed by atoms with Crippen molar-refractivity contribution in [2.75, 3.05) is 7.11 Å². The average Bonchev–Trinajstić information content (AvgIpc) is 2.74. The number of ether oxygens (including phenoxy) is 1. The highest BCUT2D eigenvalue weighted by molar-refractivity contribution is 7.16. The second-order valence-corrected chi connectivity index (χ2v) is 6.84. The van der Waals surface area contributed by atoms with E-state index in [9.17, 15) is 14.0 Å². The maximum Gasteiger partial charge on any atom is 0.325 e. The standard InChI is InChI=1S/C15H17FN2O3S/c1-15(2,3)13(20)17-14-18(8-12(19)21-4)10-6-5-9(16)7-11(10)22-14/h5-7H,8H2,1-4H3. The molecule has 0 saturated heterocycles. The van der Waals surface area contributed by atoms with Crippen LogP contribution in [0.4, 0.5) is 4.39 Å². The van der Waals surface area contributed by atoms with Crippen LogP contribution < -0.4 is 4.80 Å². The number of esters is 1. The molecule has 1 heterocycles. The summed E-state index contributed by atoms with van der Waals surface area (Å²) >= 11 is 1.16. The first-order valence-corrected chi connectivity index (χ1v) is 7.49. The summed E-state index contributed by atoms with van der Waals surface area (Å²) in [6.45, 7) is 5.20. The summed E-state index contributed by atoms with van der Waals surface area (Å²) in [5, 5.41) is 0. The number of aromatic nitrogens is 1. The predicted molar refractivity (Wildman–Crippen MR) is 81.8 cm³/mol. The number of carbonyl (C=O) groups excluding carboxylic acids is 2. The van der Waals surface area contributed by atoms with Crippen molar-refractivity contribution in [1.29, 1.82) is 0 Å². The molecule has 0 spiro atoms. The van der Waals surface area contributed by atoms with Crippen molar-refractivity contribution in [2.24, 2.45) is 10.4 Å². The first kappa shape index (κ1) is 16.4. The third-order valence-corrected chi connectivity index (χ3v) is 4.04. The molecule has 0 saturated carbocycles. The lowest BCUT2D eigenvalue weighted by Crippen LogP contribution is -2.26. The zero-order chi connectivity index (χ0) is 16.5. The van der Waals surface area contributed by atoms with Crippen LogP contribution in [0.2, 0.25) is 0 Å². The van der Waals surface area contributed by atoms with Gasteiger partial charge in [0.15, 0.2) is 4.80 Å². The maximum atomic E-state index is 13.4. The molecular weight excluding hydrogens is 307 g/mol. The zero-order valence-corrected chi connectivity index (χ0v) is 13.7. The minimum atomic E-state index is -0.634. The van der Waals surface area contributed by atoms with Crippen molar-refractivity contribution in [3.8, 4) is 0 Å². The molecule has 1 amide bonds. The number of amides is 1. The Morgan fingerprint density at radius 1 is 1.36 bits per heavy atom. The number of fused-ring (bicyclic) bond motifs is 1. The molecular formula is C15H17FN2O3S. The van der Waals surface area contributed by atoms with Crippen molar-refractivity contribution in [2.45, 2.75) is 27.3 Å². The fourth-order valence-electron chi connectivity index (χ4n) is 1.73. The number of methoxy groups -OCH3 is 1. The SMILES string of the molecule is COC(=O)Cn1c(=NC(=O)C(C)(C)C)sc2cc(F)ccc21. The molecule has 0 aliphatic carbocycles. The van der Waals surface area contributed by atoms with Gasteiger partial charge in [-0.2, -0.15) is 4.99 Å². The van der Waals surface area contributed by atoms with Crippen LogP contribution in [0.25, 0.3) is 10.2 Å². The van der Waals surface area contributed by atoms with Gasteiger partial charge >= 0.3 is 5.97 Å². The van der Waals surface area contributed by atoms with Gasteiger partial charge in [0.2, 0.25) is 0 Å². The summed E-state index contributed by atoms with van der Waals surface area (Å²) in [6, 6.07) is 4.22. The fraction of sp³-hybridized carbons (Fsp3) is 0.400. The van der Waals surface area contributed by atoms with E-state index in [2.05, 4.69) is 9.73 Å². The minimum Gasteiger partial charge on any atom is -0.468 e. The van der Waals surface area contributed by atoms with E-state index in [1.165, 1.54) is 19.2 Å². The predicted octanol–water partition coefficient (Wildman–Crippen LogP) is 2.49. The molecule has 22 heavy (non-hydrogen) atoms. The zero-order valence-electron chi connectivity index (χ0n) is 12.8. The Kier molecular flexibility index (Phi) is 4.46. The van der Waals surface area contributed by atoms with E-state index < -0.39 is 11.4 Å². The minimum absolute atomic E-state index is 0.0849. The van der Waals surface area contributed by atoms with E-state index >= 15 is 0 Å². The Morgan fingerprint density at radius 2 is 2.05 bits per heavy atom. The summed E-state index contributed by atoms with van der Waals surface area (Å²) in [4.78, 5) is 28.2. The quantitative estimate of drug-likeness (QED) is 0.797. The first-order chi connectivity index (χ1) is 10.2. The molecule has 118 valence electrons. The smallest absolute Gasteiger partial charge is 0.325 e. The Hall–Kier alpha value is -2.02. The highest BCUT2D eigenvalue weighted by atomic mass is 32.1. The molecule has 1 aromatic carbocycles. The number of rotatable bonds is 2.